The number of rotatable bonds is 4. The molecule has 0 spiro atoms. The summed E-state index contributed by atoms with van der Waals surface area (Å²) in [5.41, 5.74) is 4.90. The van der Waals surface area contributed by atoms with Gasteiger partial charge in [-0.3, -0.25) is 4.79 Å². The van der Waals surface area contributed by atoms with Gasteiger partial charge in [0.1, 0.15) is 5.82 Å². The predicted molar refractivity (Wildman–Crippen MR) is 127 cm³/mol. The topological polar surface area (TPSA) is 58.1 Å². The molecule has 0 saturated carbocycles. The summed E-state index contributed by atoms with van der Waals surface area (Å²) in [5.74, 6) is 1.78. The van der Waals surface area contributed by atoms with Crippen LogP contribution in [0.2, 0.25) is 0 Å². The second kappa shape index (κ2) is 9.11. The lowest BCUT2D eigenvalue weighted by Crippen LogP contribution is -2.44. The predicted octanol–water partition coefficient (Wildman–Crippen LogP) is 4.86. The van der Waals surface area contributed by atoms with Crippen molar-refractivity contribution in [1.29, 1.82) is 0 Å². The zero-order valence-electron chi connectivity index (χ0n) is 18.6. The first-order valence-corrected chi connectivity index (χ1v) is 11.7. The van der Waals surface area contributed by atoms with Crippen LogP contribution in [0.1, 0.15) is 48.4 Å². The summed E-state index contributed by atoms with van der Waals surface area (Å²) < 4.78 is 0. The number of hydrogen-bond donors (Lipinski definition) is 1. The molecule has 1 aliphatic heterocycles. The second-order valence-corrected chi connectivity index (χ2v) is 9.04. The molecule has 1 fully saturated rings. The first-order chi connectivity index (χ1) is 15.7. The molecule has 1 N–H and O–H groups in total. The van der Waals surface area contributed by atoms with E-state index in [4.69, 9.17) is 4.98 Å². The molecule has 5 rings (SSSR count). The molecule has 2 atom stereocenters. The number of hydrogen-bond acceptors (Lipinski definition) is 4. The fourth-order valence-corrected chi connectivity index (χ4v) is 4.96. The van der Waals surface area contributed by atoms with E-state index in [-0.39, 0.29) is 17.9 Å². The monoisotopic (exact) mass is 426 g/mol. The number of amides is 1. The van der Waals surface area contributed by atoms with Gasteiger partial charge in [-0.25, -0.2) is 9.97 Å². The maximum absolute atomic E-state index is 13.2. The fourth-order valence-electron chi connectivity index (χ4n) is 4.96. The molecule has 2 aromatic carbocycles. The van der Waals surface area contributed by atoms with Gasteiger partial charge in [0.15, 0.2) is 5.82 Å². The number of carbonyl (C=O) groups is 1. The van der Waals surface area contributed by atoms with Crippen molar-refractivity contribution in [1.82, 2.24) is 15.3 Å². The maximum atomic E-state index is 13.2. The third-order valence-electron chi connectivity index (χ3n) is 6.75. The lowest BCUT2D eigenvalue weighted by atomic mass is 9.87. The SMILES string of the molecule is Cc1ccc(-c2nccc(N3CCC[C@H](C(=O)N[C@H]4CCCc5ccccc54)C3)n2)cc1. The van der Waals surface area contributed by atoms with E-state index in [1.165, 1.54) is 16.7 Å². The van der Waals surface area contributed by atoms with Crippen LogP contribution in [0.5, 0.6) is 0 Å². The van der Waals surface area contributed by atoms with E-state index in [1.54, 1.807) is 0 Å². The highest BCUT2D eigenvalue weighted by Crippen LogP contribution is 2.31. The van der Waals surface area contributed by atoms with Crippen LogP contribution in [0.25, 0.3) is 11.4 Å². The van der Waals surface area contributed by atoms with Gasteiger partial charge in [0, 0.05) is 24.8 Å². The van der Waals surface area contributed by atoms with Gasteiger partial charge < -0.3 is 10.2 Å². The molecule has 1 saturated heterocycles. The Balaban J connectivity index is 1.28. The molecule has 5 nitrogen and oxygen atoms in total. The van der Waals surface area contributed by atoms with Gasteiger partial charge in [0.25, 0.3) is 0 Å². The lowest BCUT2D eigenvalue weighted by Gasteiger charge is -2.34. The van der Waals surface area contributed by atoms with Crippen molar-refractivity contribution in [3.05, 3.63) is 77.5 Å². The van der Waals surface area contributed by atoms with Crippen molar-refractivity contribution >= 4 is 11.7 Å². The third kappa shape index (κ3) is 4.38. The summed E-state index contributed by atoms with van der Waals surface area (Å²) in [6, 6.07) is 18.9. The largest absolute Gasteiger partial charge is 0.356 e. The molecular weight excluding hydrogens is 396 g/mol. The Morgan fingerprint density at radius 1 is 1.03 bits per heavy atom. The molecule has 2 aliphatic rings. The summed E-state index contributed by atoms with van der Waals surface area (Å²) in [4.78, 5) is 24.7. The number of nitrogens with zero attached hydrogens (tertiary/aromatic N) is 3. The molecule has 0 bridgehead atoms. The van der Waals surface area contributed by atoms with Crippen LogP contribution in [0.3, 0.4) is 0 Å². The average Bonchev–Trinajstić information content (AvgIpc) is 2.85. The van der Waals surface area contributed by atoms with Crippen LogP contribution < -0.4 is 10.2 Å². The highest BCUT2D eigenvalue weighted by Gasteiger charge is 2.29. The van der Waals surface area contributed by atoms with Crippen molar-refractivity contribution in [3.8, 4) is 11.4 Å². The Labute approximate surface area is 189 Å². The molecular formula is C27H30N4O. The van der Waals surface area contributed by atoms with Crippen molar-refractivity contribution in [2.75, 3.05) is 18.0 Å². The highest BCUT2D eigenvalue weighted by atomic mass is 16.2. The first-order valence-electron chi connectivity index (χ1n) is 11.7. The maximum Gasteiger partial charge on any atom is 0.225 e. The van der Waals surface area contributed by atoms with E-state index in [1.807, 2.05) is 12.3 Å². The number of carbonyl (C=O) groups excluding carboxylic acids is 1. The normalized spacial score (nSPS) is 20.5. The number of benzene rings is 2. The molecule has 0 unspecified atom stereocenters. The standard InChI is InChI=1S/C27H30N4O/c1-19-11-13-21(14-12-19)26-28-16-15-25(30-26)31-17-5-8-22(18-31)27(32)29-24-10-4-7-20-6-2-3-9-23(20)24/h2-3,6,9,11-16,22,24H,4-5,7-8,10,17-18H2,1H3,(H,29,32)/t22-,24-/m0/s1. The van der Waals surface area contributed by atoms with Crippen LogP contribution in [-0.4, -0.2) is 29.0 Å². The van der Waals surface area contributed by atoms with Gasteiger partial charge in [-0.1, -0.05) is 54.1 Å². The van der Waals surface area contributed by atoms with Gasteiger partial charge in [0.05, 0.1) is 12.0 Å². The number of nitrogens with one attached hydrogen (secondary N) is 1. The zero-order chi connectivity index (χ0) is 21.9. The van der Waals surface area contributed by atoms with Crippen molar-refractivity contribution in [3.63, 3.8) is 0 Å². The smallest absolute Gasteiger partial charge is 0.225 e. The van der Waals surface area contributed by atoms with E-state index in [0.29, 0.717) is 6.54 Å². The van der Waals surface area contributed by atoms with E-state index in [2.05, 4.69) is 70.7 Å². The van der Waals surface area contributed by atoms with Gasteiger partial charge in [0.2, 0.25) is 5.91 Å². The number of anilines is 1. The number of aromatic nitrogens is 2. The van der Waals surface area contributed by atoms with Crippen molar-refractivity contribution < 1.29 is 4.79 Å². The van der Waals surface area contributed by atoms with Crippen LogP contribution in [0, 0.1) is 12.8 Å². The quantitative estimate of drug-likeness (QED) is 0.647. The minimum Gasteiger partial charge on any atom is -0.356 e. The molecule has 1 amide bonds. The Morgan fingerprint density at radius 2 is 1.88 bits per heavy atom. The summed E-state index contributed by atoms with van der Waals surface area (Å²) in [6.07, 6.45) is 6.99. The molecule has 1 aromatic heterocycles. The Kier molecular flexibility index (Phi) is 5.89. The molecule has 32 heavy (non-hydrogen) atoms. The Bertz CT molecular complexity index is 1090. The zero-order valence-corrected chi connectivity index (χ0v) is 18.6. The lowest BCUT2D eigenvalue weighted by molar-refractivity contribution is -0.126. The first kappa shape index (κ1) is 20.7. The van der Waals surface area contributed by atoms with Crippen LogP contribution in [0.15, 0.2) is 60.8 Å². The van der Waals surface area contributed by atoms with Gasteiger partial charge in [-0.15, -0.1) is 0 Å². The van der Waals surface area contributed by atoms with Gasteiger partial charge in [-0.05, 0) is 56.2 Å². The summed E-state index contributed by atoms with van der Waals surface area (Å²) >= 11 is 0. The number of aryl methyl sites for hydroxylation is 2. The van der Waals surface area contributed by atoms with Gasteiger partial charge >= 0.3 is 0 Å². The summed E-state index contributed by atoms with van der Waals surface area (Å²) in [6.45, 7) is 3.69. The number of fused-ring (bicyclic) bond motifs is 1. The van der Waals surface area contributed by atoms with Gasteiger partial charge in [-0.2, -0.15) is 0 Å². The van der Waals surface area contributed by atoms with E-state index < -0.39 is 0 Å². The van der Waals surface area contributed by atoms with Crippen molar-refractivity contribution in [2.24, 2.45) is 5.92 Å². The average molecular weight is 427 g/mol. The minimum absolute atomic E-state index is 0.0179. The Hall–Kier alpha value is -3.21. The summed E-state index contributed by atoms with van der Waals surface area (Å²) in [7, 11) is 0. The molecule has 3 aromatic rings. The highest BCUT2D eigenvalue weighted by molar-refractivity contribution is 5.80. The van der Waals surface area contributed by atoms with E-state index >= 15 is 0 Å². The van der Waals surface area contributed by atoms with Crippen LogP contribution >= 0.6 is 0 Å². The summed E-state index contributed by atoms with van der Waals surface area (Å²) in [5, 5.41) is 3.36. The van der Waals surface area contributed by atoms with E-state index in [9.17, 15) is 4.79 Å². The van der Waals surface area contributed by atoms with E-state index in [0.717, 1.165) is 55.9 Å². The Morgan fingerprint density at radius 3 is 2.75 bits per heavy atom. The molecule has 164 valence electrons. The van der Waals surface area contributed by atoms with Crippen LogP contribution in [-0.2, 0) is 11.2 Å². The molecule has 5 heteroatoms. The second-order valence-electron chi connectivity index (χ2n) is 9.04. The van der Waals surface area contributed by atoms with Crippen LogP contribution in [0.4, 0.5) is 5.82 Å². The fraction of sp³-hybridized carbons (Fsp3) is 0.370. The van der Waals surface area contributed by atoms with Crippen molar-refractivity contribution in [2.45, 2.75) is 45.1 Å². The minimum atomic E-state index is -0.0179. The molecule has 1 aliphatic carbocycles. The molecule has 0 radical (unpaired) electrons. The third-order valence-corrected chi connectivity index (χ3v) is 6.75. The molecule has 2 heterocycles. The number of piperidine rings is 1.